The van der Waals surface area contributed by atoms with E-state index in [0.29, 0.717) is 25.6 Å². The summed E-state index contributed by atoms with van der Waals surface area (Å²) in [6.07, 6.45) is 4.79. The number of piperidine rings is 1. The van der Waals surface area contributed by atoms with Gasteiger partial charge in [-0.15, -0.1) is 0 Å². The van der Waals surface area contributed by atoms with Crippen molar-refractivity contribution in [3.05, 3.63) is 12.2 Å². The van der Waals surface area contributed by atoms with E-state index in [1.165, 1.54) is 6.08 Å². The van der Waals surface area contributed by atoms with Crippen molar-refractivity contribution in [1.82, 2.24) is 4.90 Å². The maximum Gasteiger partial charge on any atom is 0.410 e. The number of allylic oxidation sites excluding steroid dienone is 1. The van der Waals surface area contributed by atoms with Crippen LogP contribution in [0.15, 0.2) is 12.2 Å². The zero-order valence-corrected chi connectivity index (χ0v) is 12.8. The molecule has 0 aromatic rings. The highest BCUT2D eigenvalue weighted by atomic mass is 16.6. The lowest BCUT2D eigenvalue weighted by atomic mass is 9.96. The van der Waals surface area contributed by atoms with Crippen molar-refractivity contribution in [1.29, 1.82) is 0 Å². The van der Waals surface area contributed by atoms with Crippen molar-refractivity contribution in [2.24, 2.45) is 5.92 Å². The fourth-order valence-corrected chi connectivity index (χ4v) is 2.01. The Kier molecular flexibility index (Phi) is 6.05. The van der Waals surface area contributed by atoms with Crippen LogP contribution in [0.3, 0.4) is 0 Å². The Hall–Kier alpha value is -1.52. The van der Waals surface area contributed by atoms with Gasteiger partial charge in [0.2, 0.25) is 0 Å². The molecular formula is C15H25NO4. The van der Waals surface area contributed by atoms with Crippen LogP contribution >= 0.6 is 0 Å². The number of hydrogen-bond donors (Lipinski definition) is 0. The summed E-state index contributed by atoms with van der Waals surface area (Å²) in [6.45, 7) is 9.07. The Morgan fingerprint density at radius 1 is 1.25 bits per heavy atom. The minimum Gasteiger partial charge on any atom is -0.463 e. The van der Waals surface area contributed by atoms with Crippen LogP contribution in [-0.2, 0) is 14.3 Å². The van der Waals surface area contributed by atoms with E-state index in [1.807, 2.05) is 26.8 Å². The monoisotopic (exact) mass is 283 g/mol. The number of amides is 1. The van der Waals surface area contributed by atoms with Crippen molar-refractivity contribution in [3.8, 4) is 0 Å². The minimum absolute atomic E-state index is 0.259. The Morgan fingerprint density at radius 2 is 1.85 bits per heavy atom. The first-order valence-corrected chi connectivity index (χ1v) is 7.14. The molecule has 0 bridgehead atoms. The molecule has 1 aliphatic heterocycles. The summed E-state index contributed by atoms with van der Waals surface area (Å²) in [4.78, 5) is 24.8. The van der Waals surface area contributed by atoms with Gasteiger partial charge in [-0.3, -0.25) is 0 Å². The Bertz CT molecular complexity index is 363. The molecule has 0 unspecified atom stereocenters. The summed E-state index contributed by atoms with van der Waals surface area (Å²) in [7, 11) is 0. The van der Waals surface area contributed by atoms with Gasteiger partial charge in [0.25, 0.3) is 0 Å². The molecule has 0 N–H and O–H groups in total. The first-order chi connectivity index (χ1) is 9.31. The van der Waals surface area contributed by atoms with Crippen LogP contribution in [0.1, 0.15) is 40.5 Å². The average molecular weight is 283 g/mol. The molecule has 0 saturated carbocycles. The van der Waals surface area contributed by atoms with Gasteiger partial charge >= 0.3 is 12.1 Å². The molecule has 1 amide bonds. The fourth-order valence-electron chi connectivity index (χ4n) is 2.01. The van der Waals surface area contributed by atoms with Crippen LogP contribution in [0.5, 0.6) is 0 Å². The van der Waals surface area contributed by atoms with E-state index >= 15 is 0 Å². The molecule has 1 fully saturated rings. The van der Waals surface area contributed by atoms with E-state index in [2.05, 4.69) is 0 Å². The maximum absolute atomic E-state index is 11.9. The summed E-state index contributed by atoms with van der Waals surface area (Å²) in [5.41, 5.74) is -0.461. The summed E-state index contributed by atoms with van der Waals surface area (Å²) < 4.78 is 10.2. The zero-order chi connectivity index (χ0) is 15.2. The lowest BCUT2D eigenvalue weighted by Crippen LogP contribution is -2.41. The topological polar surface area (TPSA) is 55.8 Å². The highest BCUT2D eigenvalue weighted by Crippen LogP contribution is 2.20. The van der Waals surface area contributed by atoms with Crippen LogP contribution in [0.4, 0.5) is 4.79 Å². The van der Waals surface area contributed by atoms with Gasteiger partial charge in [-0.2, -0.15) is 0 Å². The smallest absolute Gasteiger partial charge is 0.410 e. The van der Waals surface area contributed by atoms with Gasteiger partial charge in [-0.1, -0.05) is 6.08 Å². The van der Waals surface area contributed by atoms with E-state index in [0.717, 1.165) is 12.8 Å². The lowest BCUT2D eigenvalue weighted by Gasteiger charge is -2.32. The molecule has 0 atom stereocenters. The maximum atomic E-state index is 11.9. The predicted octanol–water partition coefficient (Wildman–Crippen LogP) is 2.75. The molecule has 5 heteroatoms. The second-order valence-corrected chi connectivity index (χ2v) is 5.92. The zero-order valence-electron chi connectivity index (χ0n) is 12.8. The van der Waals surface area contributed by atoms with Gasteiger partial charge in [0.05, 0.1) is 6.61 Å². The molecule has 1 heterocycles. The molecular weight excluding hydrogens is 258 g/mol. The number of carbonyl (C=O) groups excluding carboxylic acids is 2. The van der Waals surface area contributed by atoms with E-state index in [1.54, 1.807) is 11.8 Å². The number of carbonyl (C=O) groups is 2. The van der Waals surface area contributed by atoms with E-state index in [-0.39, 0.29) is 12.1 Å². The van der Waals surface area contributed by atoms with Gasteiger partial charge in [0, 0.05) is 19.2 Å². The van der Waals surface area contributed by atoms with Crippen molar-refractivity contribution < 1.29 is 19.1 Å². The fraction of sp³-hybridized carbons (Fsp3) is 0.733. The summed E-state index contributed by atoms with van der Waals surface area (Å²) in [5, 5.41) is 0. The normalized spacial score (nSPS) is 17.3. The third kappa shape index (κ3) is 6.08. The molecule has 0 radical (unpaired) electrons. The molecule has 1 aliphatic rings. The first kappa shape index (κ1) is 16.5. The van der Waals surface area contributed by atoms with Crippen molar-refractivity contribution in [2.75, 3.05) is 19.7 Å². The SMILES string of the molecule is CCOC(=O)C=CC1CCN(C(=O)OC(C)(C)C)CC1. The molecule has 5 nitrogen and oxygen atoms in total. The second kappa shape index (κ2) is 7.31. The molecule has 20 heavy (non-hydrogen) atoms. The highest BCUT2D eigenvalue weighted by molar-refractivity contribution is 5.81. The number of hydrogen-bond acceptors (Lipinski definition) is 4. The number of nitrogens with zero attached hydrogens (tertiary/aromatic N) is 1. The first-order valence-electron chi connectivity index (χ1n) is 7.14. The third-order valence-electron chi connectivity index (χ3n) is 2.98. The van der Waals surface area contributed by atoms with Gasteiger partial charge in [0.1, 0.15) is 5.60 Å². The lowest BCUT2D eigenvalue weighted by molar-refractivity contribution is -0.137. The van der Waals surface area contributed by atoms with Crippen LogP contribution in [0.25, 0.3) is 0 Å². The van der Waals surface area contributed by atoms with Gasteiger partial charge in [-0.05, 0) is 46.5 Å². The molecule has 114 valence electrons. The Morgan fingerprint density at radius 3 is 2.35 bits per heavy atom. The van der Waals surface area contributed by atoms with Crippen molar-refractivity contribution in [2.45, 2.75) is 46.1 Å². The second-order valence-electron chi connectivity index (χ2n) is 5.92. The number of likely N-dealkylation sites (tertiary alicyclic amines) is 1. The van der Waals surface area contributed by atoms with Gasteiger partial charge < -0.3 is 14.4 Å². The van der Waals surface area contributed by atoms with Gasteiger partial charge in [0.15, 0.2) is 0 Å². The Balaban J connectivity index is 2.36. The predicted molar refractivity (Wildman–Crippen MR) is 76.3 cm³/mol. The number of esters is 1. The van der Waals surface area contributed by atoms with E-state index in [9.17, 15) is 9.59 Å². The molecule has 1 saturated heterocycles. The van der Waals surface area contributed by atoms with Crippen LogP contribution in [-0.4, -0.2) is 42.3 Å². The molecule has 0 aromatic heterocycles. The standard InChI is InChI=1S/C15H25NO4/c1-5-19-13(17)7-6-12-8-10-16(11-9-12)14(18)20-15(2,3)4/h6-7,12H,5,8-11H2,1-4H3. The largest absolute Gasteiger partial charge is 0.463 e. The quantitative estimate of drug-likeness (QED) is 0.590. The highest BCUT2D eigenvalue weighted by Gasteiger charge is 2.25. The van der Waals surface area contributed by atoms with E-state index < -0.39 is 5.60 Å². The van der Waals surface area contributed by atoms with Crippen molar-refractivity contribution in [3.63, 3.8) is 0 Å². The number of rotatable bonds is 3. The van der Waals surface area contributed by atoms with Gasteiger partial charge in [-0.25, -0.2) is 9.59 Å². The summed E-state index contributed by atoms with van der Waals surface area (Å²) >= 11 is 0. The average Bonchev–Trinajstić information content (AvgIpc) is 2.35. The van der Waals surface area contributed by atoms with Crippen molar-refractivity contribution >= 4 is 12.1 Å². The van der Waals surface area contributed by atoms with Crippen LogP contribution < -0.4 is 0 Å². The summed E-state index contributed by atoms with van der Waals surface area (Å²) in [6, 6.07) is 0. The minimum atomic E-state index is -0.461. The summed E-state index contributed by atoms with van der Waals surface area (Å²) in [5.74, 6) is 0.0140. The Labute approximate surface area is 120 Å². The number of ether oxygens (including phenoxy) is 2. The van der Waals surface area contributed by atoms with Crippen LogP contribution in [0.2, 0.25) is 0 Å². The molecule has 0 aliphatic carbocycles. The van der Waals surface area contributed by atoms with E-state index in [4.69, 9.17) is 9.47 Å². The molecule has 0 aromatic carbocycles. The molecule has 0 spiro atoms. The van der Waals surface area contributed by atoms with Crippen LogP contribution in [0, 0.1) is 5.92 Å². The third-order valence-corrected chi connectivity index (χ3v) is 2.98. The molecule has 1 rings (SSSR count).